The minimum Gasteiger partial charge on any atom is -0.355 e. The summed E-state index contributed by atoms with van der Waals surface area (Å²) in [5.74, 6) is 0.445. The van der Waals surface area contributed by atoms with E-state index in [9.17, 15) is 4.79 Å². The molecule has 0 saturated heterocycles. The van der Waals surface area contributed by atoms with E-state index in [1.54, 1.807) is 25.2 Å². The largest absolute Gasteiger partial charge is 0.355 e. The second-order valence-electron chi connectivity index (χ2n) is 3.96. The predicted octanol–water partition coefficient (Wildman–Crippen LogP) is 3.57. The van der Waals surface area contributed by atoms with Crippen molar-refractivity contribution in [2.45, 2.75) is 20.8 Å². The maximum atomic E-state index is 11.6. The van der Waals surface area contributed by atoms with Gasteiger partial charge in [-0.3, -0.25) is 4.79 Å². The summed E-state index contributed by atoms with van der Waals surface area (Å²) in [5.41, 5.74) is 2.38. The Labute approximate surface area is 129 Å². The summed E-state index contributed by atoms with van der Waals surface area (Å²) in [7, 11) is 1.60. The Balaban J connectivity index is 0.00000106. The van der Waals surface area contributed by atoms with Gasteiger partial charge in [0.25, 0.3) is 5.91 Å². The number of hydrogen-bond donors (Lipinski definition) is 2. The van der Waals surface area contributed by atoms with Crippen LogP contribution >= 0.6 is 11.6 Å². The molecule has 0 bridgehead atoms. The second kappa shape index (κ2) is 8.21. The number of hydrogen-bond acceptors (Lipinski definition) is 4. The van der Waals surface area contributed by atoms with Crippen molar-refractivity contribution in [1.82, 2.24) is 15.3 Å². The zero-order valence-corrected chi connectivity index (χ0v) is 13.3. The lowest BCUT2D eigenvalue weighted by molar-refractivity contribution is 0.0963. The van der Waals surface area contributed by atoms with Gasteiger partial charge in [-0.25, -0.2) is 9.97 Å². The van der Waals surface area contributed by atoms with Crippen LogP contribution in [0, 0.1) is 6.92 Å². The maximum Gasteiger partial charge on any atom is 0.251 e. The number of carbonyl (C=O) groups is 1. The van der Waals surface area contributed by atoms with E-state index in [0.717, 1.165) is 11.3 Å². The smallest absolute Gasteiger partial charge is 0.251 e. The number of rotatable bonds is 3. The van der Waals surface area contributed by atoms with Crippen LogP contribution in [0.5, 0.6) is 0 Å². The van der Waals surface area contributed by atoms with Gasteiger partial charge in [-0.2, -0.15) is 0 Å². The molecule has 0 saturated carbocycles. The number of carbonyl (C=O) groups excluding carboxylic acids is 1. The Morgan fingerprint density at radius 3 is 2.52 bits per heavy atom. The van der Waals surface area contributed by atoms with Gasteiger partial charge in [0.15, 0.2) is 0 Å². The fourth-order valence-electron chi connectivity index (χ4n) is 1.58. The van der Waals surface area contributed by atoms with E-state index in [1.165, 1.54) is 6.33 Å². The van der Waals surface area contributed by atoms with E-state index >= 15 is 0 Å². The number of aryl methyl sites for hydroxylation is 1. The van der Waals surface area contributed by atoms with E-state index in [4.69, 9.17) is 11.6 Å². The van der Waals surface area contributed by atoms with E-state index < -0.39 is 0 Å². The molecule has 6 heteroatoms. The predicted molar refractivity (Wildman–Crippen MR) is 86.2 cm³/mol. The number of benzene rings is 1. The Morgan fingerprint density at radius 2 is 1.90 bits per heavy atom. The van der Waals surface area contributed by atoms with E-state index in [1.807, 2.05) is 26.8 Å². The molecule has 112 valence electrons. The first kappa shape index (κ1) is 16.9. The third kappa shape index (κ3) is 4.72. The van der Waals surface area contributed by atoms with Crippen molar-refractivity contribution in [3.05, 3.63) is 46.9 Å². The molecule has 0 radical (unpaired) electrons. The van der Waals surface area contributed by atoms with Crippen LogP contribution in [-0.2, 0) is 0 Å². The molecule has 0 aliphatic carbocycles. The summed E-state index contributed by atoms with van der Waals surface area (Å²) in [5, 5.41) is 6.06. The van der Waals surface area contributed by atoms with Crippen LogP contribution in [0.1, 0.15) is 29.8 Å². The standard InChI is InChI=1S/C13H13ClN4O.C2H6/c1-8-3-4-9(13(19)15-2)5-10(8)18-12-6-11(14)16-7-17-12;1-2/h3-7H,1-2H3,(H,15,19)(H,16,17,18);1-2H3. The number of amides is 1. The normalized spacial score (nSPS) is 9.38. The van der Waals surface area contributed by atoms with Crippen molar-refractivity contribution in [2.24, 2.45) is 0 Å². The number of anilines is 2. The highest BCUT2D eigenvalue weighted by molar-refractivity contribution is 6.29. The highest BCUT2D eigenvalue weighted by Gasteiger charge is 2.07. The fourth-order valence-corrected chi connectivity index (χ4v) is 1.73. The van der Waals surface area contributed by atoms with Crippen molar-refractivity contribution in [2.75, 3.05) is 12.4 Å². The number of nitrogens with zero attached hydrogens (tertiary/aromatic N) is 2. The number of halogens is 1. The van der Waals surface area contributed by atoms with E-state index in [2.05, 4.69) is 20.6 Å². The van der Waals surface area contributed by atoms with E-state index in [-0.39, 0.29) is 5.91 Å². The van der Waals surface area contributed by atoms with Crippen LogP contribution in [0.15, 0.2) is 30.6 Å². The van der Waals surface area contributed by atoms with Crippen LogP contribution < -0.4 is 10.6 Å². The molecule has 2 aromatic rings. The van der Waals surface area contributed by atoms with Gasteiger partial charge in [-0.1, -0.05) is 31.5 Å². The minimum atomic E-state index is -0.135. The third-order valence-electron chi connectivity index (χ3n) is 2.62. The quantitative estimate of drug-likeness (QED) is 0.851. The zero-order chi connectivity index (χ0) is 15.8. The topological polar surface area (TPSA) is 66.9 Å². The van der Waals surface area contributed by atoms with Gasteiger partial charge in [0.05, 0.1) is 0 Å². The number of nitrogens with one attached hydrogen (secondary N) is 2. The van der Waals surface area contributed by atoms with Gasteiger partial charge < -0.3 is 10.6 Å². The Bertz CT molecular complexity index is 616. The lowest BCUT2D eigenvalue weighted by atomic mass is 10.1. The first-order chi connectivity index (χ1) is 10.1. The van der Waals surface area contributed by atoms with Crippen LogP contribution in [0.25, 0.3) is 0 Å². The molecule has 0 atom stereocenters. The number of aromatic nitrogens is 2. The zero-order valence-electron chi connectivity index (χ0n) is 12.6. The third-order valence-corrected chi connectivity index (χ3v) is 2.83. The molecule has 0 spiro atoms. The highest BCUT2D eigenvalue weighted by atomic mass is 35.5. The summed E-state index contributed by atoms with van der Waals surface area (Å²) in [6.45, 7) is 5.94. The second-order valence-corrected chi connectivity index (χ2v) is 4.35. The van der Waals surface area contributed by atoms with Gasteiger partial charge in [0.2, 0.25) is 0 Å². The van der Waals surface area contributed by atoms with Crippen molar-refractivity contribution < 1.29 is 4.79 Å². The van der Waals surface area contributed by atoms with E-state index in [0.29, 0.717) is 16.5 Å². The van der Waals surface area contributed by atoms with Gasteiger partial charge in [-0.15, -0.1) is 0 Å². The van der Waals surface area contributed by atoms with Gasteiger partial charge >= 0.3 is 0 Å². The van der Waals surface area contributed by atoms with Crippen molar-refractivity contribution in [1.29, 1.82) is 0 Å². The molecular weight excluding hydrogens is 288 g/mol. The first-order valence-electron chi connectivity index (χ1n) is 6.67. The van der Waals surface area contributed by atoms with Crippen molar-refractivity contribution in [3.8, 4) is 0 Å². The summed E-state index contributed by atoms with van der Waals surface area (Å²) in [6.07, 6.45) is 1.38. The molecule has 5 nitrogen and oxygen atoms in total. The van der Waals surface area contributed by atoms with Gasteiger partial charge in [0, 0.05) is 24.4 Å². The van der Waals surface area contributed by atoms with Crippen molar-refractivity contribution in [3.63, 3.8) is 0 Å². The van der Waals surface area contributed by atoms with Crippen molar-refractivity contribution >= 4 is 29.0 Å². The average Bonchev–Trinajstić information content (AvgIpc) is 2.51. The molecule has 21 heavy (non-hydrogen) atoms. The molecular formula is C15H19ClN4O. The Kier molecular flexibility index (Phi) is 6.62. The summed E-state index contributed by atoms with van der Waals surface area (Å²) < 4.78 is 0. The molecule has 2 rings (SSSR count). The molecule has 2 N–H and O–H groups in total. The van der Waals surface area contributed by atoms with Gasteiger partial charge in [-0.05, 0) is 24.6 Å². The summed E-state index contributed by atoms with van der Waals surface area (Å²) in [4.78, 5) is 19.5. The Morgan fingerprint density at radius 1 is 1.19 bits per heavy atom. The SMILES string of the molecule is CC.CNC(=O)c1ccc(C)c(Nc2cc(Cl)ncn2)c1. The maximum absolute atomic E-state index is 11.6. The van der Waals surface area contributed by atoms with Gasteiger partial charge in [0.1, 0.15) is 17.3 Å². The lowest BCUT2D eigenvalue weighted by Crippen LogP contribution is -2.17. The van der Waals surface area contributed by atoms with Crippen LogP contribution in [0.3, 0.4) is 0 Å². The summed E-state index contributed by atoms with van der Waals surface area (Å²) >= 11 is 5.80. The highest BCUT2D eigenvalue weighted by Crippen LogP contribution is 2.21. The molecule has 0 fully saturated rings. The molecule has 1 aromatic heterocycles. The lowest BCUT2D eigenvalue weighted by Gasteiger charge is -2.10. The van der Waals surface area contributed by atoms with Crippen LogP contribution in [0.4, 0.5) is 11.5 Å². The fraction of sp³-hybridized carbons (Fsp3) is 0.267. The van der Waals surface area contributed by atoms with Crippen LogP contribution in [0.2, 0.25) is 5.15 Å². The molecule has 1 amide bonds. The Hall–Kier alpha value is -2.14. The molecule has 0 aliphatic rings. The molecule has 1 aromatic carbocycles. The molecule has 1 heterocycles. The molecule has 0 aliphatic heterocycles. The minimum absolute atomic E-state index is 0.135. The van der Waals surface area contributed by atoms with Crippen LogP contribution in [-0.4, -0.2) is 22.9 Å². The average molecular weight is 307 g/mol. The summed E-state index contributed by atoms with van der Waals surface area (Å²) in [6, 6.07) is 7.03. The first-order valence-corrected chi connectivity index (χ1v) is 7.05. The molecule has 0 unspecified atom stereocenters. The monoisotopic (exact) mass is 306 g/mol.